The zero-order chi connectivity index (χ0) is 21.7. The van der Waals surface area contributed by atoms with Crippen LogP contribution in [0.3, 0.4) is 0 Å². The maximum atomic E-state index is 10.8. The molecule has 8 heteroatoms. The summed E-state index contributed by atoms with van der Waals surface area (Å²) in [6, 6.07) is 10.2. The summed E-state index contributed by atoms with van der Waals surface area (Å²) in [4.78, 5) is 13.1. The standard InChI is InChI=1S/C23H25N5O2S/c1-12-9-15-5-3-14(10-17(15)27-21(12)24)4-6-18-19(29)20(30)23(31-18)28-8-7-16-13(2)25-11-26-22(16)28/h3,5,7-11,18-20,23,29-30H,4,6H2,1-2H3,(H2,24,27)/t18-,19+,20+,23+/m0/s1. The Morgan fingerprint density at radius 1 is 1.10 bits per heavy atom. The highest BCUT2D eigenvalue weighted by molar-refractivity contribution is 8.00. The van der Waals surface area contributed by atoms with E-state index >= 15 is 0 Å². The van der Waals surface area contributed by atoms with E-state index in [0.29, 0.717) is 5.82 Å². The number of fused-ring (bicyclic) bond motifs is 2. The first-order valence-corrected chi connectivity index (χ1v) is 11.3. The van der Waals surface area contributed by atoms with Gasteiger partial charge in [-0.25, -0.2) is 15.0 Å². The molecule has 7 nitrogen and oxygen atoms in total. The number of aryl methyl sites for hydroxylation is 3. The molecule has 1 aliphatic heterocycles. The van der Waals surface area contributed by atoms with Crippen LogP contribution in [0.25, 0.3) is 21.9 Å². The van der Waals surface area contributed by atoms with Crippen molar-refractivity contribution in [1.82, 2.24) is 19.5 Å². The maximum Gasteiger partial charge on any atom is 0.144 e. The molecule has 0 unspecified atom stereocenters. The van der Waals surface area contributed by atoms with E-state index in [9.17, 15) is 10.2 Å². The van der Waals surface area contributed by atoms with Crippen LogP contribution in [0.15, 0.2) is 42.9 Å². The van der Waals surface area contributed by atoms with Crippen LogP contribution in [0.5, 0.6) is 0 Å². The lowest BCUT2D eigenvalue weighted by Gasteiger charge is -2.17. The van der Waals surface area contributed by atoms with Crippen LogP contribution in [-0.4, -0.2) is 47.2 Å². The van der Waals surface area contributed by atoms with Crippen molar-refractivity contribution in [2.45, 2.75) is 49.5 Å². The van der Waals surface area contributed by atoms with Crippen LogP contribution in [-0.2, 0) is 6.42 Å². The fraction of sp³-hybridized carbons (Fsp3) is 0.348. The number of nitrogens with two attached hydrogens (primary N) is 1. The summed E-state index contributed by atoms with van der Waals surface area (Å²) in [5, 5.41) is 23.2. The molecule has 0 aliphatic carbocycles. The molecule has 4 aromatic rings. The molecule has 0 amide bonds. The number of nitrogens with zero attached hydrogens (tertiary/aromatic N) is 4. The molecule has 0 bridgehead atoms. The molecular weight excluding hydrogens is 410 g/mol. The van der Waals surface area contributed by atoms with Gasteiger partial charge in [-0.2, -0.15) is 0 Å². The Morgan fingerprint density at radius 2 is 1.94 bits per heavy atom. The van der Waals surface area contributed by atoms with E-state index in [1.807, 2.05) is 36.7 Å². The summed E-state index contributed by atoms with van der Waals surface area (Å²) in [5.74, 6) is 0.551. The lowest BCUT2D eigenvalue weighted by Crippen LogP contribution is -2.31. The van der Waals surface area contributed by atoms with Gasteiger partial charge in [0.1, 0.15) is 29.3 Å². The van der Waals surface area contributed by atoms with Gasteiger partial charge < -0.3 is 20.5 Å². The largest absolute Gasteiger partial charge is 0.389 e. The maximum absolute atomic E-state index is 10.8. The van der Waals surface area contributed by atoms with Crippen LogP contribution in [0.2, 0.25) is 0 Å². The van der Waals surface area contributed by atoms with Crippen LogP contribution < -0.4 is 5.73 Å². The molecule has 0 radical (unpaired) electrons. The third-order valence-corrected chi connectivity index (χ3v) is 7.80. The Bertz CT molecular complexity index is 1270. The van der Waals surface area contributed by atoms with E-state index in [0.717, 1.165) is 51.6 Å². The number of nitrogen functional groups attached to an aromatic ring is 1. The molecule has 0 spiro atoms. The smallest absolute Gasteiger partial charge is 0.144 e. The number of hydrogen-bond donors (Lipinski definition) is 3. The summed E-state index contributed by atoms with van der Waals surface area (Å²) in [6.45, 7) is 3.90. The van der Waals surface area contributed by atoms with Crippen molar-refractivity contribution in [2.24, 2.45) is 0 Å². The van der Waals surface area contributed by atoms with Gasteiger partial charge in [0.05, 0.1) is 17.3 Å². The Labute approximate surface area is 184 Å². The molecule has 0 saturated carbocycles. The van der Waals surface area contributed by atoms with Gasteiger partial charge in [-0.1, -0.05) is 12.1 Å². The molecule has 4 atom stereocenters. The van der Waals surface area contributed by atoms with Crippen molar-refractivity contribution in [3.05, 3.63) is 59.7 Å². The Morgan fingerprint density at radius 3 is 2.77 bits per heavy atom. The second kappa shape index (κ2) is 7.78. The first-order valence-electron chi connectivity index (χ1n) is 10.4. The molecule has 4 heterocycles. The Balaban J connectivity index is 1.34. The number of rotatable bonds is 4. The fourth-order valence-corrected chi connectivity index (χ4v) is 5.86. The predicted molar refractivity (Wildman–Crippen MR) is 124 cm³/mol. The summed E-state index contributed by atoms with van der Waals surface area (Å²) in [6.07, 6.45) is 3.33. The topological polar surface area (TPSA) is 110 Å². The highest BCUT2D eigenvalue weighted by atomic mass is 32.2. The van der Waals surface area contributed by atoms with Gasteiger partial charge in [0.15, 0.2) is 0 Å². The minimum atomic E-state index is -0.859. The fourth-order valence-electron chi connectivity index (χ4n) is 4.30. The molecule has 1 saturated heterocycles. The molecule has 31 heavy (non-hydrogen) atoms. The van der Waals surface area contributed by atoms with E-state index in [1.165, 1.54) is 6.33 Å². The van der Waals surface area contributed by atoms with Gasteiger partial charge in [-0.05, 0) is 56.0 Å². The molecule has 1 aromatic carbocycles. The summed E-state index contributed by atoms with van der Waals surface area (Å²) < 4.78 is 1.95. The average Bonchev–Trinajstić information content (AvgIpc) is 3.30. The van der Waals surface area contributed by atoms with Crippen LogP contribution in [0.4, 0.5) is 5.82 Å². The summed E-state index contributed by atoms with van der Waals surface area (Å²) in [7, 11) is 0. The number of aliphatic hydroxyl groups excluding tert-OH is 2. The highest BCUT2D eigenvalue weighted by Gasteiger charge is 2.43. The van der Waals surface area contributed by atoms with Gasteiger partial charge in [0.2, 0.25) is 0 Å². The number of pyridine rings is 1. The first kappa shape index (κ1) is 20.2. The summed E-state index contributed by atoms with van der Waals surface area (Å²) in [5.41, 5.74) is 10.7. The van der Waals surface area contributed by atoms with Gasteiger partial charge in [-0.15, -0.1) is 11.8 Å². The molecule has 160 valence electrons. The quantitative estimate of drug-likeness (QED) is 0.452. The third-order valence-electron chi connectivity index (χ3n) is 6.15. The monoisotopic (exact) mass is 435 g/mol. The zero-order valence-electron chi connectivity index (χ0n) is 17.4. The van der Waals surface area contributed by atoms with Gasteiger partial charge in [0, 0.05) is 22.2 Å². The molecule has 4 N–H and O–H groups in total. The van der Waals surface area contributed by atoms with E-state index in [-0.39, 0.29) is 10.6 Å². The minimum absolute atomic E-state index is 0.0767. The van der Waals surface area contributed by atoms with Crippen molar-refractivity contribution < 1.29 is 10.2 Å². The normalized spacial score (nSPS) is 23.7. The van der Waals surface area contributed by atoms with E-state index in [2.05, 4.69) is 33.2 Å². The van der Waals surface area contributed by atoms with E-state index in [1.54, 1.807) is 11.8 Å². The van der Waals surface area contributed by atoms with E-state index in [4.69, 9.17) is 5.73 Å². The minimum Gasteiger partial charge on any atom is -0.389 e. The Kier molecular flexibility index (Phi) is 5.08. The van der Waals surface area contributed by atoms with Crippen molar-refractivity contribution in [3.8, 4) is 0 Å². The Hall–Kier alpha value is -2.68. The summed E-state index contributed by atoms with van der Waals surface area (Å²) >= 11 is 1.60. The molecule has 5 rings (SSSR count). The highest BCUT2D eigenvalue weighted by Crippen LogP contribution is 2.45. The van der Waals surface area contributed by atoms with Crippen molar-refractivity contribution in [3.63, 3.8) is 0 Å². The van der Waals surface area contributed by atoms with Crippen LogP contribution >= 0.6 is 11.8 Å². The third kappa shape index (κ3) is 3.54. The number of aromatic nitrogens is 4. The number of thioether (sulfide) groups is 1. The number of hydrogen-bond acceptors (Lipinski definition) is 7. The first-order chi connectivity index (χ1) is 14.9. The molecule has 1 aliphatic rings. The van der Waals surface area contributed by atoms with Crippen LogP contribution in [0.1, 0.15) is 28.6 Å². The van der Waals surface area contributed by atoms with Crippen molar-refractivity contribution in [2.75, 3.05) is 5.73 Å². The lowest BCUT2D eigenvalue weighted by molar-refractivity contribution is 0.0176. The number of aliphatic hydroxyl groups is 2. The van der Waals surface area contributed by atoms with Crippen LogP contribution in [0, 0.1) is 13.8 Å². The van der Waals surface area contributed by atoms with Crippen molar-refractivity contribution >= 4 is 39.5 Å². The SMILES string of the molecule is Cc1cc2ccc(CC[C@@H]3S[C@@H](n4ccc5c(C)ncnc54)[C@H](O)[C@@H]3O)cc2nc1N. The second-order valence-electron chi connectivity index (χ2n) is 8.22. The van der Waals surface area contributed by atoms with Gasteiger partial charge >= 0.3 is 0 Å². The molecule has 1 fully saturated rings. The number of anilines is 1. The zero-order valence-corrected chi connectivity index (χ0v) is 18.3. The second-order valence-corrected chi connectivity index (χ2v) is 9.58. The molecule has 3 aromatic heterocycles. The average molecular weight is 436 g/mol. The van der Waals surface area contributed by atoms with Crippen molar-refractivity contribution in [1.29, 1.82) is 0 Å². The van der Waals surface area contributed by atoms with E-state index < -0.39 is 12.2 Å². The predicted octanol–water partition coefficient (Wildman–Crippen LogP) is 3.15. The van der Waals surface area contributed by atoms with Gasteiger partial charge in [0.25, 0.3) is 0 Å². The van der Waals surface area contributed by atoms with Gasteiger partial charge in [-0.3, -0.25) is 0 Å². The lowest BCUT2D eigenvalue weighted by atomic mass is 10.0. The number of benzene rings is 1. The molecular formula is C23H25N5O2S.